The van der Waals surface area contributed by atoms with Crippen molar-refractivity contribution in [3.8, 4) is 0 Å². The van der Waals surface area contributed by atoms with Crippen molar-refractivity contribution in [2.75, 3.05) is 13.2 Å². The summed E-state index contributed by atoms with van der Waals surface area (Å²) >= 11 is 0. The van der Waals surface area contributed by atoms with Crippen LogP contribution in [0.5, 0.6) is 0 Å². The number of hydrogen-bond acceptors (Lipinski definition) is 6. The van der Waals surface area contributed by atoms with Crippen molar-refractivity contribution in [3.05, 3.63) is 122 Å². The summed E-state index contributed by atoms with van der Waals surface area (Å²) in [5.74, 6) is -0.909. The van der Waals surface area contributed by atoms with E-state index in [0.717, 1.165) is 128 Å². The number of allylic oxidation sites excluding steroid dienone is 20. The summed E-state index contributed by atoms with van der Waals surface area (Å²) in [7, 11) is 0. The summed E-state index contributed by atoms with van der Waals surface area (Å²) in [6, 6.07) is 0. The van der Waals surface area contributed by atoms with Crippen LogP contribution in [0, 0.1) is 0 Å². The summed E-state index contributed by atoms with van der Waals surface area (Å²) in [6.45, 7) is 6.48. The molecule has 6 heteroatoms. The van der Waals surface area contributed by atoms with E-state index in [1.54, 1.807) is 0 Å². The fourth-order valence-electron chi connectivity index (χ4n) is 8.98. The Kier molecular flexibility index (Phi) is 62.8. The van der Waals surface area contributed by atoms with Crippen LogP contribution < -0.4 is 0 Å². The van der Waals surface area contributed by atoms with E-state index >= 15 is 0 Å². The Morgan fingerprint density at radius 2 is 0.494 bits per heavy atom. The second kappa shape index (κ2) is 66.3. The van der Waals surface area contributed by atoms with Crippen LogP contribution >= 0.6 is 0 Å². The molecule has 0 spiro atoms. The summed E-state index contributed by atoms with van der Waals surface area (Å²) in [5, 5.41) is 0. The van der Waals surface area contributed by atoms with E-state index < -0.39 is 6.10 Å². The maximum atomic E-state index is 12.9. The SMILES string of the molecule is CC/C=C\C/C=C\C/C=C\C/C=C\C/C=C\C/C=C\CCCCCCCCCCCCC(=O)OCC(COC(=O)CCCCCCC/C=C\CCCCCC)OC(=O)CCCCCCCC/C=C\C/C=C\C/C=C\CCCCC. The van der Waals surface area contributed by atoms with Gasteiger partial charge in [-0.05, 0) is 135 Å². The third-order valence-electron chi connectivity index (χ3n) is 13.9. The third kappa shape index (κ3) is 64.5. The van der Waals surface area contributed by atoms with E-state index in [1.807, 2.05) is 0 Å². The maximum absolute atomic E-state index is 12.9. The highest BCUT2D eigenvalue weighted by Gasteiger charge is 2.19. The topological polar surface area (TPSA) is 78.9 Å². The van der Waals surface area contributed by atoms with Crippen LogP contribution in [-0.4, -0.2) is 37.2 Å². The molecule has 1 unspecified atom stereocenters. The van der Waals surface area contributed by atoms with Crippen molar-refractivity contribution in [2.45, 2.75) is 309 Å². The van der Waals surface area contributed by atoms with Crippen molar-refractivity contribution in [1.82, 2.24) is 0 Å². The molecule has 0 saturated heterocycles. The quantitative estimate of drug-likeness (QED) is 0.0261. The van der Waals surface area contributed by atoms with Crippen molar-refractivity contribution in [1.29, 1.82) is 0 Å². The Morgan fingerprint density at radius 1 is 0.266 bits per heavy atom. The first-order valence-corrected chi connectivity index (χ1v) is 33.0. The van der Waals surface area contributed by atoms with Crippen LogP contribution in [0.25, 0.3) is 0 Å². The van der Waals surface area contributed by atoms with Gasteiger partial charge in [0.25, 0.3) is 0 Å². The lowest BCUT2D eigenvalue weighted by Crippen LogP contribution is -2.30. The van der Waals surface area contributed by atoms with Gasteiger partial charge in [-0.15, -0.1) is 0 Å². The minimum atomic E-state index is -0.794. The van der Waals surface area contributed by atoms with Crippen molar-refractivity contribution in [2.24, 2.45) is 0 Å². The van der Waals surface area contributed by atoms with Gasteiger partial charge in [0.1, 0.15) is 13.2 Å². The molecule has 79 heavy (non-hydrogen) atoms. The third-order valence-corrected chi connectivity index (χ3v) is 13.9. The fraction of sp³-hybridized carbons (Fsp3) is 0.685. The predicted octanol–water partition coefficient (Wildman–Crippen LogP) is 22.8. The maximum Gasteiger partial charge on any atom is 0.306 e. The van der Waals surface area contributed by atoms with Gasteiger partial charge in [-0.3, -0.25) is 14.4 Å². The number of hydrogen-bond donors (Lipinski definition) is 0. The summed E-state index contributed by atoms with van der Waals surface area (Å²) in [5.41, 5.74) is 0. The molecule has 450 valence electrons. The molecule has 0 heterocycles. The first kappa shape index (κ1) is 74.8. The molecule has 0 aromatic rings. The second-order valence-electron chi connectivity index (χ2n) is 21.6. The van der Waals surface area contributed by atoms with Crippen molar-refractivity contribution < 1.29 is 28.6 Å². The highest BCUT2D eigenvalue weighted by atomic mass is 16.6. The Labute approximate surface area is 488 Å². The zero-order valence-corrected chi connectivity index (χ0v) is 51.6. The molecule has 0 amide bonds. The number of rotatable bonds is 59. The lowest BCUT2D eigenvalue weighted by atomic mass is 10.1. The van der Waals surface area contributed by atoms with Crippen molar-refractivity contribution in [3.63, 3.8) is 0 Å². The molecule has 6 nitrogen and oxygen atoms in total. The zero-order valence-electron chi connectivity index (χ0n) is 51.6. The smallest absolute Gasteiger partial charge is 0.306 e. The number of ether oxygens (including phenoxy) is 3. The molecule has 0 radical (unpaired) electrons. The number of carbonyl (C=O) groups excluding carboxylic acids is 3. The average molecular weight is 1100 g/mol. The zero-order chi connectivity index (χ0) is 57.1. The molecule has 0 rings (SSSR count). The van der Waals surface area contributed by atoms with Gasteiger partial charge in [-0.25, -0.2) is 0 Å². The van der Waals surface area contributed by atoms with E-state index in [9.17, 15) is 14.4 Å². The molecule has 0 aromatic heterocycles. The molecular formula is C73H122O6. The standard InChI is InChI=1S/C73H122O6/c1-4-7-10-13-16-19-22-25-27-29-31-32-33-34-35-36-37-38-39-40-42-43-45-48-51-54-57-60-63-66-72(75)78-69-70(68-77-71(74)65-62-59-56-53-50-47-24-21-18-15-12-9-6-3)79-73(76)67-64-61-58-55-52-49-46-44-41-30-28-26-23-20-17-14-11-8-5-2/h7,10,16-17,19-21,24-28,31-32,34-35,37-38,41,44,70H,4-6,8-9,11-15,18,22-23,29-30,33,36,39-40,42-43,45-69H2,1-3H3/b10-7-,19-16-,20-17-,24-21-,27-25-,28-26-,32-31-,35-34-,38-37-,44-41-. The molecule has 0 N–H and O–H groups in total. The van der Waals surface area contributed by atoms with Crippen LogP contribution in [0.2, 0.25) is 0 Å². The Balaban J connectivity index is 4.33. The monoisotopic (exact) mass is 1090 g/mol. The molecule has 0 saturated carbocycles. The first-order valence-electron chi connectivity index (χ1n) is 33.0. The molecule has 0 bridgehead atoms. The Bertz CT molecular complexity index is 1640. The van der Waals surface area contributed by atoms with Gasteiger partial charge >= 0.3 is 17.9 Å². The van der Waals surface area contributed by atoms with Gasteiger partial charge < -0.3 is 14.2 Å². The highest BCUT2D eigenvalue weighted by Crippen LogP contribution is 2.15. The highest BCUT2D eigenvalue weighted by molar-refractivity contribution is 5.71. The Hall–Kier alpha value is -4.19. The van der Waals surface area contributed by atoms with Gasteiger partial charge in [0, 0.05) is 19.3 Å². The largest absolute Gasteiger partial charge is 0.462 e. The number of unbranched alkanes of at least 4 members (excludes halogenated alkanes) is 28. The van der Waals surface area contributed by atoms with E-state index in [-0.39, 0.29) is 31.1 Å². The lowest BCUT2D eigenvalue weighted by Gasteiger charge is -2.18. The Morgan fingerprint density at radius 3 is 0.810 bits per heavy atom. The van der Waals surface area contributed by atoms with E-state index in [4.69, 9.17) is 14.2 Å². The van der Waals surface area contributed by atoms with E-state index in [0.29, 0.717) is 19.3 Å². The van der Waals surface area contributed by atoms with E-state index in [1.165, 1.54) is 135 Å². The van der Waals surface area contributed by atoms with Crippen LogP contribution in [0.4, 0.5) is 0 Å². The van der Waals surface area contributed by atoms with Gasteiger partial charge in [-0.2, -0.15) is 0 Å². The van der Waals surface area contributed by atoms with Crippen LogP contribution in [-0.2, 0) is 28.6 Å². The number of carbonyl (C=O) groups is 3. The van der Waals surface area contributed by atoms with Crippen LogP contribution in [0.15, 0.2) is 122 Å². The van der Waals surface area contributed by atoms with Crippen LogP contribution in [0.3, 0.4) is 0 Å². The predicted molar refractivity (Wildman–Crippen MR) is 343 cm³/mol. The van der Waals surface area contributed by atoms with Gasteiger partial charge in [0.05, 0.1) is 0 Å². The first-order chi connectivity index (χ1) is 39.0. The summed E-state index contributed by atoms with van der Waals surface area (Å²) in [6.07, 6.45) is 92.0. The molecule has 0 aliphatic carbocycles. The van der Waals surface area contributed by atoms with Crippen LogP contribution in [0.1, 0.15) is 303 Å². The minimum absolute atomic E-state index is 0.0896. The average Bonchev–Trinajstić information content (AvgIpc) is 3.45. The van der Waals surface area contributed by atoms with Gasteiger partial charge in [0.15, 0.2) is 6.10 Å². The molecule has 0 aliphatic heterocycles. The minimum Gasteiger partial charge on any atom is -0.462 e. The number of esters is 3. The lowest BCUT2D eigenvalue weighted by molar-refractivity contribution is -0.167. The molecular weight excluding hydrogens is 973 g/mol. The normalized spacial score (nSPS) is 12.9. The summed E-state index contributed by atoms with van der Waals surface area (Å²) in [4.78, 5) is 38.3. The van der Waals surface area contributed by atoms with Gasteiger partial charge in [0.2, 0.25) is 0 Å². The molecule has 0 fully saturated rings. The molecule has 1 atom stereocenters. The van der Waals surface area contributed by atoms with E-state index in [2.05, 4.69) is 142 Å². The van der Waals surface area contributed by atoms with Crippen molar-refractivity contribution >= 4 is 17.9 Å². The fourth-order valence-corrected chi connectivity index (χ4v) is 8.98. The molecule has 0 aliphatic rings. The summed E-state index contributed by atoms with van der Waals surface area (Å²) < 4.78 is 16.9. The molecule has 0 aromatic carbocycles. The van der Waals surface area contributed by atoms with Gasteiger partial charge in [-0.1, -0.05) is 271 Å². The second-order valence-corrected chi connectivity index (χ2v) is 21.6.